The molecule has 0 saturated heterocycles. The Morgan fingerprint density at radius 3 is 2.40 bits per heavy atom. The second-order valence-corrected chi connectivity index (χ2v) is 8.18. The van der Waals surface area contributed by atoms with E-state index in [0.29, 0.717) is 46.2 Å². The van der Waals surface area contributed by atoms with E-state index in [-0.39, 0.29) is 5.41 Å². The first kappa shape index (κ1) is 22.2. The van der Waals surface area contributed by atoms with Crippen molar-refractivity contribution in [3.05, 3.63) is 58.7 Å². The lowest BCUT2D eigenvalue weighted by Gasteiger charge is -2.21. The molecule has 5 heteroatoms. The van der Waals surface area contributed by atoms with Crippen molar-refractivity contribution in [3.8, 4) is 23.3 Å². The lowest BCUT2D eigenvalue weighted by Crippen LogP contribution is -2.14. The SMILES string of the molecule is CC(C)(C)c1ccc2c(c1)C#Cc1ccc(OCCOCCOCCN)cc1CO2. The van der Waals surface area contributed by atoms with Gasteiger partial charge >= 0.3 is 0 Å². The molecule has 0 bridgehead atoms. The Labute approximate surface area is 179 Å². The molecule has 0 spiro atoms. The van der Waals surface area contributed by atoms with Crippen molar-refractivity contribution in [1.82, 2.24) is 0 Å². The van der Waals surface area contributed by atoms with Crippen LogP contribution in [-0.4, -0.2) is 39.6 Å². The molecule has 2 aromatic carbocycles. The van der Waals surface area contributed by atoms with E-state index in [4.69, 9.17) is 24.7 Å². The first-order chi connectivity index (χ1) is 14.5. The molecule has 0 aromatic heterocycles. The highest BCUT2D eigenvalue weighted by molar-refractivity contribution is 5.55. The zero-order valence-electron chi connectivity index (χ0n) is 18.1. The van der Waals surface area contributed by atoms with Gasteiger partial charge in [-0.05, 0) is 41.3 Å². The summed E-state index contributed by atoms with van der Waals surface area (Å²) in [6.07, 6.45) is 0. The van der Waals surface area contributed by atoms with Crippen LogP contribution >= 0.6 is 0 Å². The van der Waals surface area contributed by atoms with E-state index in [1.807, 2.05) is 24.3 Å². The van der Waals surface area contributed by atoms with Gasteiger partial charge in [-0.3, -0.25) is 0 Å². The van der Waals surface area contributed by atoms with Crippen LogP contribution in [0.2, 0.25) is 0 Å². The molecule has 1 aliphatic rings. The molecular weight excluding hydrogens is 378 g/mol. The normalized spacial score (nSPS) is 12.5. The Kier molecular flexibility index (Phi) is 7.75. The maximum Gasteiger partial charge on any atom is 0.135 e. The lowest BCUT2D eigenvalue weighted by atomic mass is 9.86. The quantitative estimate of drug-likeness (QED) is 0.506. The summed E-state index contributed by atoms with van der Waals surface area (Å²) < 4.78 is 22.6. The predicted octanol–water partition coefficient (Wildman–Crippen LogP) is 3.65. The van der Waals surface area contributed by atoms with Gasteiger partial charge in [0.1, 0.15) is 24.7 Å². The van der Waals surface area contributed by atoms with E-state index in [9.17, 15) is 0 Å². The fourth-order valence-electron chi connectivity index (χ4n) is 3.04. The summed E-state index contributed by atoms with van der Waals surface area (Å²) in [6, 6.07) is 12.2. The van der Waals surface area contributed by atoms with Gasteiger partial charge in [0, 0.05) is 17.7 Å². The van der Waals surface area contributed by atoms with Gasteiger partial charge in [-0.25, -0.2) is 0 Å². The van der Waals surface area contributed by atoms with E-state index < -0.39 is 0 Å². The molecule has 160 valence electrons. The summed E-state index contributed by atoms with van der Waals surface area (Å²) in [5.41, 5.74) is 9.59. The van der Waals surface area contributed by atoms with Gasteiger partial charge < -0.3 is 24.7 Å². The molecule has 0 fully saturated rings. The van der Waals surface area contributed by atoms with E-state index in [0.717, 1.165) is 28.2 Å². The summed E-state index contributed by atoms with van der Waals surface area (Å²) in [7, 11) is 0. The minimum Gasteiger partial charge on any atom is -0.491 e. The first-order valence-electron chi connectivity index (χ1n) is 10.4. The number of ether oxygens (including phenoxy) is 4. The van der Waals surface area contributed by atoms with Crippen molar-refractivity contribution in [2.45, 2.75) is 32.8 Å². The van der Waals surface area contributed by atoms with Crippen LogP contribution in [0.4, 0.5) is 0 Å². The van der Waals surface area contributed by atoms with Gasteiger partial charge in [0.15, 0.2) is 0 Å². The third kappa shape index (κ3) is 6.24. The van der Waals surface area contributed by atoms with Crippen LogP contribution in [0.15, 0.2) is 36.4 Å². The topological polar surface area (TPSA) is 62.9 Å². The molecule has 0 aliphatic carbocycles. The standard InChI is InChI=1S/C25H31NO4/c1-25(2,3)22-7-9-24-20(16-22)5-4-19-6-8-23(17-21(19)18-30-24)29-15-14-28-13-12-27-11-10-26/h6-9,16-17H,10-15,18,26H2,1-3H3. The molecule has 2 aromatic rings. The van der Waals surface area contributed by atoms with Crippen molar-refractivity contribution in [2.75, 3.05) is 39.6 Å². The predicted molar refractivity (Wildman–Crippen MR) is 118 cm³/mol. The Bertz CT molecular complexity index is 906. The number of hydrogen-bond acceptors (Lipinski definition) is 5. The summed E-state index contributed by atoms with van der Waals surface area (Å²) >= 11 is 0. The summed E-state index contributed by atoms with van der Waals surface area (Å²) in [4.78, 5) is 0. The van der Waals surface area contributed by atoms with Crippen molar-refractivity contribution in [3.63, 3.8) is 0 Å². The Hall–Kier alpha value is -2.52. The number of rotatable bonds is 9. The maximum absolute atomic E-state index is 6.06. The molecule has 5 nitrogen and oxygen atoms in total. The average Bonchev–Trinajstić information content (AvgIpc) is 2.71. The number of hydrogen-bond donors (Lipinski definition) is 1. The van der Waals surface area contributed by atoms with Gasteiger partial charge in [0.25, 0.3) is 0 Å². The van der Waals surface area contributed by atoms with Crippen LogP contribution in [0.5, 0.6) is 11.5 Å². The van der Waals surface area contributed by atoms with Gasteiger partial charge in [0.05, 0.1) is 32.0 Å². The minimum absolute atomic E-state index is 0.0738. The Morgan fingerprint density at radius 1 is 0.900 bits per heavy atom. The van der Waals surface area contributed by atoms with Crippen molar-refractivity contribution in [2.24, 2.45) is 5.73 Å². The van der Waals surface area contributed by atoms with Crippen molar-refractivity contribution < 1.29 is 18.9 Å². The van der Waals surface area contributed by atoms with Crippen LogP contribution in [-0.2, 0) is 21.5 Å². The van der Waals surface area contributed by atoms with Crippen molar-refractivity contribution in [1.29, 1.82) is 0 Å². The van der Waals surface area contributed by atoms with Gasteiger partial charge in [-0.1, -0.05) is 38.7 Å². The summed E-state index contributed by atoms with van der Waals surface area (Å²) in [5.74, 6) is 8.17. The third-order valence-electron chi connectivity index (χ3n) is 4.77. The fourth-order valence-corrected chi connectivity index (χ4v) is 3.04. The lowest BCUT2D eigenvalue weighted by molar-refractivity contribution is 0.0388. The van der Waals surface area contributed by atoms with Crippen molar-refractivity contribution >= 4 is 0 Å². The van der Waals surface area contributed by atoms with Crippen LogP contribution in [0.3, 0.4) is 0 Å². The molecule has 0 saturated carbocycles. The van der Waals surface area contributed by atoms with Gasteiger partial charge in [-0.2, -0.15) is 0 Å². The smallest absolute Gasteiger partial charge is 0.135 e. The molecule has 3 rings (SSSR count). The zero-order chi connectivity index (χ0) is 21.4. The van der Waals surface area contributed by atoms with Gasteiger partial charge in [-0.15, -0.1) is 0 Å². The molecule has 2 N–H and O–H groups in total. The largest absolute Gasteiger partial charge is 0.491 e. The molecule has 30 heavy (non-hydrogen) atoms. The fraction of sp³-hybridized carbons (Fsp3) is 0.440. The van der Waals surface area contributed by atoms with Crippen LogP contribution in [0, 0.1) is 11.8 Å². The molecule has 0 amide bonds. The number of fused-ring (bicyclic) bond motifs is 2. The maximum atomic E-state index is 6.06. The Morgan fingerprint density at radius 2 is 1.63 bits per heavy atom. The third-order valence-corrected chi connectivity index (χ3v) is 4.77. The van der Waals surface area contributed by atoms with Gasteiger partial charge in [0.2, 0.25) is 0 Å². The monoisotopic (exact) mass is 409 g/mol. The molecular formula is C25H31NO4. The second kappa shape index (κ2) is 10.5. The average molecular weight is 410 g/mol. The summed E-state index contributed by atoms with van der Waals surface area (Å²) in [5, 5.41) is 0. The number of benzene rings is 2. The van der Waals surface area contributed by atoms with E-state index in [1.54, 1.807) is 0 Å². The van der Waals surface area contributed by atoms with E-state index in [1.165, 1.54) is 5.56 Å². The molecule has 0 atom stereocenters. The summed E-state index contributed by atoms with van der Waals surface area (Å²) in [6.45, 7) is 10.2. The Balaban J connectivity index is 1.59. The highest BCUT2D eigenvalue weighted by atomic mass is 16.5. The van der Waals surface area contributed by atoms with E-state index in [2.05, 4.69) is 44.7 Å². The molecule has 0 unspecified atom stereocenters. The van der Waals surface area contributed by atoms with Crippen LogP contribution in [0.1, 0.15) is 43.0 Å². The minimum atomic E-state index is 0.0738. The number of nitrogens with two attached hydrogens (primary N) is 1. The molecule has 1 heterocycles. The molecule has 1 aliphatic heterocycles. The van der Waals surface area contributed by atoms with Crippen LogP contribution < -0.4 is 15.2 Å². The highest BCUT2D eigenvalue weighted by Gasteiger charge is 2.16. The second-order valence-electron chi connectivity index (χ2n) is 8.18. The highest BCUT2D eigenvalue weighted by Crippen LogP contribution is 2.30. The first-order valence-corrected chi connectivity index (χ1v) is 10.4. The molecule has 0 radical (unpaired) electrons. The van der Waals surface area contributed by atoms with Crippen LogP contribution in [0.25, 0.3) is 0 Å². The van der Waals surface area contributed by atoms with E-state index >= 15 is 0 Å². The zero-order valence-corrected chi connectivity index (χ0v) is 18.1.